The number of benzene rings is 1. The number of carbonyl (C=O) groups is 1. The molecule has 3 rings (SSSR count). The van der Waals surface area contributed by atoms with E-state index in [-0.39, 0.29) is 5.91 Å². The van der Waals surface area contributed by atoms with Crippen molar-refractivity contribution < 1.29 is 4.79 Å². The van der Waals surface area contributed by atoms with Gasteiger partial charge in [0.15, 0.2) is 0 Å². The Kier molecular flexibility index (Phi) is 4.20. The summed E-state index contributed by atoms with van der Waals surface area (Å²) in [4.78, 5) is 14.6. The number of aryl methyl sites for hydroxylation is 1. The standard InChI is InChI=1S/C17H15N5O/c18-8-4-10-22-12-13(14-5-1-2-7-16(14)22)11-20-21-17(23)15-6-3-9-19-15/h1-3,5-7,9,11-12,19H,4,10H2,(H,21,23)/b20-11-. The predicted octanol–water partition coefficient (Wildman–Crippen LogP) is 2.65. The van der Waals surface area contributed by atoms with Crippen molar-refractivity contribution in [2.75, 3.05) is 0 Å². The Bertz CT molecular complexity index is 883. The van der Waals surface area contributed by atoms with Crippen molar-refractivity contribution in [1.82, 2.24) is 15.0 Å². The molecule has 0 aliphatic carbocycles. The van der Waals surface area contributed by atoms with E-state index < -0.39 is 0 Å². The van der Waals surface area contributed by atoms with Gasteiger partial charge >= 0.3 is 0 Å². The second kappa shape index (κ2) is 6.62. The summed E-state index contributed by atoms with van der Waals surface area (Å²) in [7, 11) is 0. The highest BCUT2D eigenvalue weighted by Gasteiger charge is 2.07. The molecule has 2 aromatic heterocycles. The molecule has 6 heteroatoms. The van der Waals surface area contributed by atoms with Gasteiger partial charge in [-0.1, -0.05) is 18.2 Å². The van der Waals surface area contributed by atoms with E-state index in [1.165, 1.54) is 0 Å². The van der Waals surface area contributed by atoms with Crippen LogP contribution in [-0.2, 0) is 6.54 Å². The molecule has 0 atom stereocenters. The summed E-state index contributed by atoms with van der Waals surface area (Å²) < 4.78 is 2.02. The summed E-state index contributed by atoms with van der Waals surface area (Å²) in [5.74, 6) is -0.292. The van der Waals surface area contributed by atoms with E-state index in [1.54, 1.807) is 24.5 Å². The first kappa shape index (κ1) is 14.6. The second-order valence-corrected chi connectivity index (χ2v) is 4.99. The Morgan fingerprint density at radius 1 is 1.35 bits per heavy atom. The van der Waals surface area contributed by atoms with Crippen LogP contribution in [0.2, 0.25) is 0 Å². The number of carbonyl (C=O) groups excluding carboxylic acids is 1. The van der Waals surface area contributed by atoms with Gasteiger partial charge in [0.05, 0.1) is 18.7 Å². The Labute approximate surface area is 133 Å². The monoisotopic (exact) mass is 305 g/mol. The maximum atomic E-state index is 11.8. The van der Waals surface area contributed by atoms with E-state index in [0.717, 1.165) is 16.5 Å². The lowest BCUT2D eigenvalue weighted by Gasteiger charge is -2.00. The molecule has 0 bridgehead atoms. The van der Waals surface area contributed by atoms with Gasteiger partial charge in [0.1, 0.15) is 5.69 Å². The molecule has 0 saturated carbocycles. The van der Waals surface area contributed by atoms with Crippen molar-refractivity contribution >= 4 is 23.0 Å². The number of nitrogens with one attached hydrogen (secondary N) is 2. The topological polar surface area (TPSA) is 86.0 Å². The quantitative estimate of drug-likeness (QED) is 0.561. The summed E-state index contributed by atoms with van der Waals surface area (Å²) in [6, 6.07) is 13.5. The van der Waals surface area contributed by atoms with Crippen LogP contribution in [0.15, 0.2) is 53.9 Å². The fourth-order valence-electron chi connectivity index (χ4n) is 2.43. The lowest BCUT2D eigenvalue weighted by atomic mass is 10.2. The number of hydrazone groups is 1. The first-order valence-corrected chi connectivity index (χ1v) is 7.21. The fraction of sp³-hybridized carbons (Fsp3) is 0.118. The van der Waals surface area contributed by atoms with Crippen molar-refractivity contribution in [3.63, 3.8) is 0 Å². The number of rotatable bonds is 5. The average molecular weight is 305 g/mol. The number of fused-ring (bicyclic) bond motifs is 1. The van der Waals surface area contributed by atoms with E-state index in [9.17, 15) is 4.79 Å². The minimum atomic E-state index is -0.292. The number of hydrogen-bond donors (Lipinski definition) is 2. The highest BCUT2D eigenvalue weighted by Crippen LogP contribution is 2.20. The molecule has 0 fully saturated rings. The number of amides is 1. The van der Waals surface area contributed by atoms with Gasteiger partial charge in [0, 0.05) is 35.4 Å². The van der Waals surface area contributed by atoms with Gasteiger partial charge in [-0.3, -0.25) is 4.79 Å². The first-order chi connectivity index (χ1) is 11.3. The Morgan fingerprint density at radius 3 is 3.00 bits per heavy atom. The van der Waals surface area contributed by atoms with Gasteiger partial charge in [-0.05, 0) is 18.2 Å². The number of nitriles is 1. The van der Waals surface area contributed by atoms with Crippen LogP contribution in [0.5, 0.6) is 0 Å². The van der Waals surface area contributed by atoms with Gasteiger partial charge in [-0.15, -0.1) is 0 Å². The Morgan fingerprint density at radius 2 is 2.22 bits per heavy atom. The molecule has 3 aromatic rings. The molecule has 23 heavy (non-hydrogen) atoms. The molecule has 0 aliphatic heterocycles. The zero-order valence-corrected chi connectivity index (χ0v) is 12.4. The number of para-hydroxylation sites is 1. The molecular formula is C17H15N5O. The maximum Gasteiger partial charge on any atom is 0.287 e. The van der Waals surface area contributed by atoms with Gasteiger partial charge < -0.3 is 9.55 Å². The van der Waals surface area contributed by atoms with Crippen molar-refractivity contribution in [2.45, 2.75) is 13.0 Å². The third kappa shape index (κ3) is 3.14. The summed E-state index contributed by atoms with van der Waals surface area (Å²) in [6.45, 7) is 0.625. The molecule has 0 radical (unpaired) electrons. The number of aromatic nitrogens is 2. The van der Waals surface area contributed by atoms with Crippen LogP contribution in [-0.4, -0.2) is 21.7 Å². The van der Waals surface area contributed by atoms with Gasteiger partial charge in [-0.2, -0.15) is 10.4 Å². The fourth-order valence-corrected chi connectivity index (χ4v) is 2.43. The normalized spacial score (nSPS) is 10.9. The van der Waals surface area contributed by atoms with Crippen LogP contribution in [0.4, 0.5) is 0 Å². The third-order valence-electron chi connectivity index (χ3n) is 3.50. The van der Waals surface area contributed by atoms with Crippen LogP contribution in [0.3, 0.4) is 0 Å². The van der Waals surface area contributed by atoms with E-state index in [4.69, 9.17) is 5.26 Å². The van der Waals surface area contributed by atoms with E-state index in [0.29, 0.717) is 18.7 Å². The molecule has 6 nitrogen and oxygen atoms in total. The number of nitrogens with zero attached hydrogens (tertiary/aromatic N) is 3. The lowest BCUT2D eigenvalue weighted by molar-refractivity contribution is 0.0951. The zero-order valence-electron chi connectivity index (χ0n) is 12.4. The number of hydrogen-bond acceptors (Lipinski definition) is 3. The zero-order chi connectivity index (χ0) is 16.1. The predicted molar refractivity (Wildman–Crippen MR) is 88.0 cm³/mol. The van der Waals surface area contributed by atoms with Gasteiger partial charge in [0.25, 0.3) is 5.91 Å². The summed E-state index contributed by atoms with van der Waals surface area (Å²) in [6.07, 6.45) is 5.68. The molecule has 0 unspecified atom stereocenters. The van der Waals surface area contributed by atoms with Gasteiger partial charge in [0.2, 0.25) is 0 Å². The third-order valence-corrected chi connectivity index (χ3v) is 3.50. The molecule has 0 spiro atoms. The van der Waals surface area contributed by atoms with Gasteiger partial charge in [-0.25, -0.2) is 5.43 Å². The molecule has 0 aliphatic rings. The lowest BCUT2D eigenvalue weighted by Crippen LogP contribution is -2.17. The average Bonchev–Trinajstić information content (AvgIpc) is 3.22. The highest BCUT2D eigenvalue weighted by atomic mass is 16.2. The number of H-pyrrole nitrogens is 1. The van der Waals surface area contributed by atoms with Crippen molar-refractivity contribution in [2.24, 2.45) is 5.10 Å². The van der Waals surface area contributed by atoms with Crippen LogP contribution in [0.1, 0.15) is 22.5 Å². The highest BCUT2D eigenvalue weighted by molar-refractivity contribution is 6.00. The molecule has 1 aromatic carbocycles. The Hall–Kier alpha value is -3.33. The molecular weight excluding hydrogens is 290 g/mol. The minimum absolute atomic E-state index is 0.292. The van der Waals surface area contributed by atoms with E-state index in [1.807, 2.05) is 35.0 Å². The summed E-state index contributed by atoms with van der Waals surface area (Å²) in [5, 5.41) is 13.8. The first-order valence-electron chi connectivity index (χ1n) is 7.21. The van der Waals surface area contributed by atoms with Crippen molar-refractivity contribution in [3.8, 4) is 6.07 Å². The molecule has 2 N–H and O–H groups in total. The van der Waals surface area contributed by atoms with Crippen LogP contribution >= 0.6 is 0 Å². The molecule has 1 amide bonds. The molecule has 2 heterocycles. The maximum absolute atomic E-state index is 11.8. The van der Waals surface area contributed by atoms with E-state index >= 15 is 0 Å². The Balaban J connectivity index is 1.81. The summed E-state index contributed by atoms with van der Waals surface area (Å²) in [5.41, 5.74) is 4.88. The SMILES string of the molecule is N#CCCn1cc(/C=N\NC(=O)c2ccc[nH]2)c2ccccc21. The largest absolute Gasteiger partial charge is 0.357 e. The molecule has 0 saturated heterocycles. The van der Waals surface area contributed by atoms with Crippen LogP contribution in [0, 0.1) is 11.3 Å². The minimum Gasteiger partial charge on any atom is -0.357 e. The second-order valence-electron chi connectivity index (χ2n) is 4.99. The molecule has 114 valence electrons. The van der Waals surface area contributed by atoms with Crippen molar-refractivity contribution in [1.29, 1.82) is 5.26 Å². The smallest absolute Gasteiger partial charge is 0.287 e. The van der Waals surface area contributed by atoms with Crippen LogP contribution in [0.25, 0.3) is 10.9 Å². The number of aromatic amines is 1. The summed E-state index contributed by atoms with van der Waals surface area (Å²) >= 11 is 0. The van der Waals surface area contributed by atoms with E-state index in [2.05, 4.69) is 21.6 Å². The van der Waals surface area contributed by atoms with Crippen LogP contribution < -0.4 is 5.43 Å². The van der Waals surface area contributed by atoms with Crippen molar-refractivity contribution in [3.05, 3.63) is 60.0 Å².